The fourth-order valence-corrected chi connectivity index (χ4v) is 4.93. The Morgan fingerprint density at radius 3 is 2.73 bits per heavy atom. The SMILES string of the molecule is CCOc1ccc2nc(N3C(=O)C(O)=C(C(=O)c4ccco4)[C@H]3c3ccc(Cl)cc3)sc2c1. The quantitative estimate of drug-likeness (QED) is 0.354. The Morgan fingerprint density at radius 2 is 2.03 bits per heavy atom. The van der Waals surface area contributed by atoms with E-state index in [1.165, 1.54) is 28.6 Å². The Bertz CT molecular complexity index is 1390. The van der Waals surface area contributed by atoms with Crippen LogP contribution in [0.3, 0.4) is 0 Å². The number of amides is 1. The minimum atomic E-state index is -0.903. The first-order valence-electron chi connectivity index (χ1n) is 10.1. The van der Waals surface area contributed by atoms with E-state index in [4.69, 9.17) is 20.8 Å². The third kappa shape index (κ3) is 3.67. The van der Waals surface area contributed by atoms with Crippen molar-refractivity contribution in [3.63, 3.8) is 0 Å². The van der Waals surface area contributed by atoms with Gasteiger partial charge in [0.2, 0.25) is 5.78 Å². The zero-order valence-electron chi connectivity index (χ0n) is 17.3. The second-order valence-corrected chi connectivity index (χ2v) is 8.70. The maximum absolute atomic E-state index is 13.2. The summed E-state index contributed by atoms with van der Waals surface area (Å²) in [5.74, 6) is -1.21. The number of nitrogens with zero attached hydrogens (tertiary/aromatic N) is 2. The van der Waals surface area contributed by atoms with Gasteiger partial charge >= 0.3 is 0 Å². The van der Waals surface area contributed by atoms with Crippen LogP contribution in [0.1, 0.15) is 29.1 Å². The van der Waals surface area contributed by atoms with Crippen molar-refractivity contribution in [3.05, 3.63) is 88.5 Å². The van der Waals surface area contributed by atoms with Crippen molar-refractivity contribution in [1.29, 1.82) is 0 Å². The lowest BCUT2D eigenvalue weighted by atomic mass is 9.95. The van der Waals surface area contributed by atoms with Gasteiger partial charge in [0.05, 0.1) is 34.7 Å². The number of anilines is 1. The standard InChI is InChI=1S/C24H17ClN2O5S/c1-2-31-15-9-10-16-18(12-15)33-24(26-16)27-20(13-5-7-14(25)8-6-13)19(22(29)23(27)30)21(28)17-4-3-11-32-17/h3-12,20,29H,2H2,1H3/t20-/m1/s1. The van der Waals surface area contributed by atoms with Crippen LogP contribution < -0.4 is 9.64 Å². The fourth-order valence-electron chi connectivity index (χ4n) is 3.79. The van der Waals surface area contributed by atoms with Gasteiger partial charge < -0.3 is 14.3 Å². The van der Waals surface area contributed by atoms with Gasteiger partial charge in [0, 0.05) is 5.02 Å². The second kappa shape index (κ2) is 8.38. The summed E-state index contributed by atoms with van der Waals surface area (Å²) in [6, 6.07) is 14.4. The van der Waals surface area contributed by atoms with E-state index in [1.807, 2.05) is 13.0 Å². The van der Waals surface area contributed by atoms with Crippen LogP contribution in [-0.2, 0) is 4.79 Å². The lowest BCUT2D eigenvalue weighted by Crippen LogP contribution is -2.30. The van der Waals surface area contributed by atoms with Crippen molar-refractivity contribution < 1.29 is 23.8 Å². The number of carbonyl (C=O) groups excluding carboxylic acids is 2. The maximum Gasteiger partial charge on any atom is 0.296 e. The summed E-state index contributed by atoms with van der Waals surface area (Å²) in [4.78, 5) is 32.4. The summed E-state index contributed by atoms with van der Waals surface area (Å²) in [5, 5.41) is 11.6. The maximum atomic E-state index is 13.2. The van der Waals surface area contributed by atoms with E-state index >= 15 is 0 Å². The van der Waals surface area contributed by atoms with E-state index in [0.29, 0.717) is 33.6 Å². The number of rotatable bonds is 6. The molecule has 3 heterocycles. The van der Waals surface area contributed by atoms with Crippen LogP contribution in [0, 0.1) is 0 Å². The van der Waals surface area contributed by atoms with Gasteiger partial charge in [0.1, 0.15) is 5.75 Å². The molecule has 7 nitrogen and oxygen atoms in total. The van der Waals surface area contributed by atoms with Crippen molar-refractivity contribution >= 4 is 50.0 Å². The van der Waals surface area contributed by atoms with Gasteiger partial charge in [0.15, 0.2) is 16.7 Å². The molecule has 33 heavy (non-hydrogen) atoms. The van der Waals surface area contributed by atoms with Crippen LogP contribution in [-0.4, -0.2) is 28.4 Å². The van der Waals surface area contributed by atoms with Gasteiger partial charge in [-0.1, -0.05) is 35.1 Å². The number of aliphatic hydroxyl groups excluding tert-OH is 1. The van der Waals surface area contributed by atoms with Gasteiger partial charge in [-0.2, -0.15) is 0 Å². The number of carbonyl (C=O) groups is 2. The van der Waals surface area contributed by atoms with Crippen LogP contribution in [0.25, 0.3) is 10.2 Å². The molecule has 0 fully saturated rings. The summed E-state index contributed by atoms with van der Waals surface area (Å²) in [6.07, 6.45) is 1.36. The van der Waals surface area contributed by atoms with Crippen molar-refractivity contribution in [3.8, 4) is 5.75 Å². The highest BCUT2D eigenvalue weighted by molar-refractivity contribution is 7.22. The first-order chi connectivity index (χ1) is 16.0. The Balaban J connectivity index is 1.64. The molecule has 166 valence electrons. The Kier molecular flexibility index (Phi) is 5.39. The van der Waals surface area contributed by atoms with E-state index in [1.54, 1.807) is 42.5 Å². The van der Waals surface area contributed by atoms with Crippen molar-refractivity contribution in [2.24, 2.45) is 0 Å². The topological polar surface area (TPSA) is 92.9 Å². The van der Waals surface area contributed by atoms with E-state index < -0.39 is 23.5 Å². The summed E-state index contributed by atoms with van der Waals surface area (Å²) < 4.78 is 11.6. The third-order valence-corrected chi connectivity index (χ3v) is 6.52. The van der Waals surface area contributed by atoms with Gasteiger partial charge in [0.25, 0.3) is 5.91 Å². The molecule has 0 unspecified atom stereocenters. The van der Waals surface area contributed by atoms with Crippen molar-refractivity contribution in [2.45, 2.75) is 13.0 Å². The molecule has 2 aromatic heterocycles. The lowest BCUT2D eigenvalue weighted by Gasteiger charge is -2.24. The number of thiazole rings is 1. The molecule has 1 amide bonds. The van der Waals surface area contributed by atoms with E-state index in [9.17, 15) is 14.7 Å². The number of ketones is 1. The van der Waals surface area contributed by atoms with Gasteiger partial charge in [-0.15, -0.1) is 0 Å². The number of furan rings is 1. The highest BCUT2D eigenvalue weighted by Crippen LogP contribution is 2.44. The zero-order valence-corrected chi connectivity index (χ0v) is 18.9. The highest BCUT2D eigenvalue weighted by atomic mass is 35.5. The summed E-state index contributed by atoms with van der Waals surface area (Å²) >= 11 is 7.33. The molecule has 9 heteroatoms. The van der Waals surface area contributed by atoms with Crippen molar-refractivity contribution in [2.75, 3.05) is 11.5 Å². The molecule has 1 atom stereocenters. The van der Waals surface area contributed by atoms with Crippen LogP contribution in [0.5, 0.6) is 5.75 Å². The predicted octanol–water partition coefficient (Wildman–Crippen LogP) is 5.72. The van der Waals surface area contributed by atoms with Crippen LogP contribution >= 0.6 is 22.9 Å². The first-order valence-corrected chi connectivity index (χ1v) is 11.3. The fraction of sp³-hybridized carbons (Fsp3) is 0.125. The molecule has 0 aliphatic carbocycles. The Hall–Kier alpha value is -3.62. The number of halogens is 1. The molecular formula is C24H17ClN2O5S. The largest absolute Gasteiger partial charge is 0.503 e. The van der Waals surface area contributed by atoms with Crippen LogP contribution in [0.2, 0.25) is 5.02 Å². The van der Waals surface area contributed by atoms with Crippen molar-refractivity contribution in [1.82, 2.24) is 4.98 Å². The summed E-state index contributed by atoms with van der Waals surface area (Å²) in [5.41, 5.74) is 1.19. The monoisotopic (exact) mass is 480 g/mol. The average Bonchev–Trinajstić information content (AvgIpc) is 3.53. The molecule has 4 aromatic rings. The lowest BCUT2D eigenvalue weighted by molar-refractivity contribution is -0.117. The van der Waals surface area contributed by atoms with E-state index in [2.05, 4.69) is 4.98 Å². The number of hydrogen-bond acceptors (Lipinski definition) is 7. The molecular weight excluding hydrogens is 464 g/mol. The predicted molar refractivity (Wildman–Crippen MR) is 125 cm³/mol. The molecule has 0 spiro atoms. The average molecular weight is 481 g/mol. The molecule has 0 radical (unpaired) electrons. The minimum Gasteiger partial charge on any atom is -0.503 e. The van der Waals surface area contributed by atoms with E-state index in [0.717, 1.165) is 4.70 Å². The number of aromatic nitrogens is 1. The third-order valence-electron chi connectivity index (χ3n) is 5.25. The molecule has 0 bridgehead atoms. The minimum absolute atomic E-state index is 0.0239. The number of fused-ring (bicyclic) bond motifs is 1. The van der Waals surface area contributed by atoms with Crippen LogP contribution in [0.15, 0.2) is 76.6 Å². The van der Waals surface area contributed by atoms with Gasteiger partial charge in [-0.3, -0.25) is 14.5 Å². The Labute approximate surface area is 197 Å². The number of hydrogen-bond donors (Lipinski definition) is 1. The molecule has 1 aliphatic rings. The second-order valence-electron chi connectivity index (χ2n) is 7.26. The zero-order chi connectivity index (χ0) is 23.1. The molecule has 5 rings (SSSR count). The smallest absolute Gasteiger partial charge is 0.296 e. The normalized spacial score (nSPS) is 16.1. The molecule has 1 N–H and O–H groups in total. The Morgan fingerprint density at radius 1 is 1.24 bits per heavy atom. The van der Waals surface area contributed by atoms with E-state index in [-0.39, 0.29) is 11.3 Å². The first kappa shape index (κ1) is 21.2. The number of aliphatic hydroxyl groups is 1. The number of ether oxygens (including phenoxy) is 1. The highest BCUT2D eigenvalue weighted by Gasteiger charge is 2.46. The van der Waals surface area contributed by atoms with Gasteiger partial charge in [-0.25, -0.2) is 4.98 Å². The summed E-state index contributed by atoms with van der Waals surface area (Å²) in [7, 11) is 0. The molecule has 1 aliphatic heterocycles. The molecule has 0 saturated heterocycles. The molecule has 0 saturated carbocycles. The molecule has 2 aromatic carbocycles. The van der Waals surface area contributed by atoms with Crippen LogP contribution in [0.4, 0.5) is 5.13 Å². The van der Waals surface area contributed by atoms with Gasteiger partial charge in [-0.05, 0) is 55.0 Å². The number of Topliss-reactive ketones (excluding diaryl/α,β-unsaturated/α-hetero) is 1. The number of benzene rings is 2. The summed E-state index contributed by atoms with van der Waals surface area (Å²) in [6.45, 7) is 2.42.